The molecule has 2 rings (SSSR count). The maximum Gasteiger partial charge on any atom is 0.274 e. The Morgan fingerprint density at radius 3 is 2.49 bits per heavy atom. The van der Waals surface area contributed by atoms with Crippen molar-refractivity contribution in [2.45, 2.75) is 59.0 Å². The number of amides is 3. The number of ether oxygens (including phenoxy) is 1. The van der Waals surface area contributed by atoms with Crippen molar-refractivity contribution in [3.05, 3.63) is 59.2 Å². The lowest BCUT2D eigenvalue weighted by Crippen LogP contribution is -2.45. The van der Waals surface area contributed by atoms with Gasteiger partial charge in [-0.15, -0.1) is 0 Å². The zero-order valence-electron chi connectivity index (χ0n) is 23.0. The van der Waals surface area contributed by atoms with Crippen molar-refractivity contribution in [3.63, 3.8) is 0 Å². The number of aromatic nitrogens is 3. The van der Waals surface area contributed by atoms with Crippen LogP contribution in [0.5, 0.6) is 0 Å². The molecule has 3 amide bonds. The van der Waals surface area contributed by atoms with Gasteiger partial charge in [-0.25, -0.2) is 4.98 Å². The number of hydrogen-bond acceptors (Lipinski definition) is 7. The van der Waals surface area contributed by atoms with Gasteiger partial charge >= 0.3 is 0 Å². The van der Waals surface area contributed by atoms with Crippen molar-refractivity contribution in [1.82, 2.24) is 24.8 Å². The third-order valence-corrected chi connectivity index (χ3v) is 6.30. The van der Waals surface area contributed by atoms with Gasteiger partial charge in [0.15, 0.2) is 11.5 Å². The summed E-state index contributed by atoms with van der Waals surface area (Å²) in [6.07, 6.45) is 5.90. The summed E-state index contributed by atoms with van der Waals surface area (Å²) >= 11 is 0. The lowest BCUT2D eigenvalue weighted by atomic mass is 10.0. The Kier molecular flexibility index (Phi) is 12.1. The third kappa shape index (κ3) is 9.24. The van der Waals surface area contributed by atoms with Gasteiger partial charge in [0.2, 0.25) is 11.8 Å². The van der Waals surface area contributed by atoms with Gasteiger partial charge in [-0.2, -0.15) is 0 Å². The second kappa shape index (κ2) is 15.3. The van der Waals surface area contributed by atoms with Gasteiger partial charge < -0.3 is 29.8 Å². The minimum Gasteiger partial charge on any atom is -0.491 e. The normalized spacial score (nSPS) is 11.5. The Balaban J connectivity index is 2.16. The molecule has 2 aromatic heterocycles. The zero-order valence-corrected chi connectivity index (χ0v) is 23.0. The van der Waals surface area contributed by atoms with E-state index in [4.69, 9.17) is 4.74 Å². The van der Waals surface area contributed by atoms with Crippen LogP contribution in [0.4, 0.5) is 5.69 Å². The van der Waals surface area contributed by atoms with Crippen LogP contribution in [0.15, 0.2) is 48.0 Å². The van der Waals surface area contributed by atoms with E-state index in [1.807, 2.05) is 0 Å². The van der Waals surface area contributed by atoms with E-state index >= 15 is 0 Å². The molecule has 0 unspecified atom stereocenters. The fraction of sp³-hybridized carbons (Fsp3) is 0.481. The van der Waals surface area contributed by atoms with E-state index < -0.39 is 29.2 Å². The van der Waals surface area contributed by atoms with Crippen molar-refractivity contribution in [3.8, 4) is 0 Å². The standard InChI is InChI=1S/C27H38N6O6/c1-6-19(7-2)14-29-24(35)16-33-13-9-10-21(27(33)38)31-25(36)20(11-12-23(34)18(4)39-8-3)30-26(37)22-15-28-17-32(22)5/h9-10,13,15,17,19-20H,4,6-8,11-12,14,16H2,1-3,5H3,(H,29,35)(H,30,37)(H,31,36)/t20-/m0/s1. The molecule has 212 valence electrons. The molecule has 0 fully saturated rings. The molecule has 0 aliphatic heterocycles. The first-order chi connectivity index (χ1) is 18.6. The maximum atomic E-state index is 13.2. The van der Waals surface area contributed by atoms with Crippen LogP contribution < -0.4 is 21.5 Å². The van der Waals surface area contributed by atoms with Gasteiger partial charge in [0, 0.05) is 26.2 Å². The smallest absolute Gasteiger partial charge is 0.274 e. The minimum absolute atomic E-state index is 0.0389. The molecule has 2 heterocycles. The lowest BCUT2D eigenvalue weighted by molar-refractivity contribution is -0.122. The molecule has 2 aromatic rings. The highest BCUT2D eigenvalue weighted by atomic mass is 16.5. The number of nitrogens with one attached hydrogen (secondary N) is 3. The zero-order chi connectivity index (χ0) is 28.9. The molecule has 12 heteroatoms. The van der Waals surface area contributed by atoms with E-state index in [9.17, 15) is 24.0 Å². The largest absolute Gasteiger partial charge is 0.491 e. The van der Waals surface area contributed by atoms with Gasteiger partial charge in [-0.05, 0) is 31.4 Å². The molecule has 0 spiro atoms. The summed E-state index contributed by atoms with van der Waals surface area (Å²) in [5.41, 5.74) is -0.444. The summed E-state index contributed by atoms with van der Waals surface area (Å²) in [6, 6.07) is 1.77. The van der Waals surface area contributed by atoms with Gasteiger partial charge in [0.1, 0.15) is 24.0 Å². The number of hydrogen-bond donors (Lipinski definition) is 3. The Labute approximate surface area is 227 Å². The molecule has 0 aromatic carbocycles. The first-order valence-electron chi connectivity index (χ1n) is 13.0. The molecule has 0 radical (unpaired) electrons. The number of imidazole rings is 1. The molecule has 3 N–H and O–H groups in total. The van der Waals surface area contributed by atoms with Crippen LogP contribution in [0.3, 0.4) is 0 Å². The van der Waals surface area contributed by atoms with E-state index in [1.54, 1.807) is 14.0 Å². The molecule has 0 saturated heterocycles. The molecule has 0 bridgehead atoms. The van der Waals surface area contributed by atoms with Gasteiger partial charge in [0.25, 0.3) is 11.5 Å². The van der Waals surface area contributed by atoms with E-state index in [2.05, 4.69) is 41.4 Å². The average molecular weight is 543 g/mol. The summed E-state index contributed by atoms with van der Waals surface area (Å²) < 4.78 is 7.80. The number of carbonyl (C=O) groups excluding carboxylic acids is 4. The Bertz CT molecular complexity index is 1230. The summed E-state index contributed by atoms with van der Waals surface area (Å²) in [7, 11) is 1.62. The number of rotatable bonds is 16. The minimum atomic E-state index is -1.16. The number of carbonyl (C=O) groups is 4. The van der Waals surface area contributed by atoms with Crippen molar-refractivity contribution >= 4 is 29.2 Å². The Morgan fingerprint density at radius 2 is 1.87 bits per heavy atom. The molecule has 0 aliphatic rings. The second-order valence-electron chi connectivity index (χ2n) is 9.06. The quantitative estimate of drug-likeness (QED) is 0.216. The summed E-state index contributed by atoms with van der Waals surface area (Å²) in [6.45, 7) is 9.96. The number of ketones is 1. The van der Waals surface area contributed by atoms with Gasteiger partial charge in [0.05, 0.1) is 19.1 Å². The third-order valence-electron chi connectivity index (χ3n) is 6.30. The van der Waals surface area contributed by atoms with Crippen LogP contribution in [0.1, 0.15) is 56.9 Å². The summed E-state index contributed by atoms with van der Waals surface area (Å²) in [5, 5.41) is 7.97. The SMILES string of the molecule is C=C(OCC)C(=O)CC[C@H](NC(=O)c1cncn1C)C(=O)Nc1cccn(CC(=O)NCC(CC)CC)c1=O. The first kappa shape index (κ1) is 31.0. The highest BCUT2D eigenvalue weighted by Crippen LogP contribution is 2.10. The predicted molar refractivity (Wildman–Crippen MR) is 146 cm³/mol. The molecule has 39 heavy (non-hydrogen) atoms. The van der Waals surface area contributed by atoms with Gasteiger partial charge in [-0.3, -0.25) is 24.0 Å². The highest BCUT2D eigenvalue weighted by molar-refractivity contribution is 6.01. The highest BCUT2D eigenvalue weighted by Gasteiger charge is 2.25. The molecular weight excluding hydrogens is 504 g/mol. The van der Waals surface area contributed by atoms with E-state index in [0.717, 1.165) is 12.8 Å². The van der Waals surface area contributed by atoms with E-state index in [1.165, 1.54) is 40.0 Å². The average Bonchev–Trinajstić information content (AvgIpc) is 3.35. The number of nitrogens with zero attached hydrogens (tertiary/aromatic N) is 3. The maximum absolute atomic E-state index is 13.2. The molecule has 1 atom stereocenters. The fourth-order valence-electron chi connectivity index (χ4n) is 3.77. The first-order valence-corrected chi connectivity index (χ1v) is 13.0. The Hall–Kier alpha value is -4.22. The van der Waals surface area contributed by atoms with Crippen LogP contribution in [0.25, 0.3) is 0 Å². The van der Waals surface area contributed by atoms with Crippen LogP contribution >= 0.6 is 0 Å². The number of pyridine rings is 1. The summed E-state index contributed by atoms with van der Waals surface area (Å²) in [5.74, 6) is -1.69. The van der Waals surface area contributed by atoms with Crippen LogP contribution in [0.2, 0.25) is 0 Å². The monoisotopic (exact) mass is 542 g/mol. The fourth-order valence-corrected chi connectivity index (χ4v) is 3.77. The topological polar surface area (TPSA) is 153 Å². The number of Topliss-reactive ketones (excluding diaryl/α,β-unsaturated/α-hetero) is 1. The van der Waals surface area contributed by atoms with Gasteiger partial charge in [-0.1, -0.05) is 33.3 Å². The molecule has 12 nitrogen and oxygen atoms in total. The van der Waals surface area contributed by atoms with Crippen LogP contribution in [0, 0.1) is 5.92 Å². The Morgan fingerprint density at radius 1 is 1.15 bits per heavy atom. The molecular formula is C27H38N6O6. The van der Waals surface area contributed by atoms with Crippen molar-refractivity contribution in [1.29, 1.82) is 0 Å². The lowest BCUT2D eigenvalue weighted by Gasteiger charge is -2.19. The van der Waals surface area contributed by atoms with E-state index in [0.29, 0.717) is 12.5 Å². The molecule has 0 aliphatic carbocycles. The summed E-state index contributed by atoms with van der Waals surface area (Å²) in [4.78, 5) is 67.6. The predicted octanol–water partition coefficient (Wildman–Crippen LogP) is 1.77. The molecule has 0 saturated carbocycles. The second-order valence-corrected chi connectivity index (χ2v) is 9.06. The van der Waals surface area contributed by atoms with Crippen LogP contribution in [-0.4, -0.2) is 56.8 Å². The number of anilines is 1. The van der Waals surface area contributed by atoms with Crippen molar-refractivity contribution in [2.75, 3.05) is 18.5 Å². The van der Waals surface area contributed by atoms with Crippen molar-refractivity contribution < 1.29 is 23.9 Å². The van der Waals surface area contributed by atoms with Crippen molar-refractivity contribution in [2.24, 2.45) is 13.0 Å². The number of aryl methyl sites for hydroxylation is 1. The van der Waals surface area contributed by atoms with E-state index in [-0.39, 0.29) is 49.0 Å². The van der Waals surface area contributed by atoms with Crippen LogP contribution in [-0.2, 0) is 32.7 Å². The number of allylic oxidation sites excluding steroid dienone is 1.